The Hall–Kier alpha value is -1.46. The molecule has 0 aromatic rings. The number of carbonyl (C=O) groups is 2. The van der Waals surface area contributed by atoms with E-state index < -0.39 is 36.7 Å². The van der Waals surface area contributed by atoms with Gasteiger partial charge in [0.15, 0.2) is 0 Å². The van der Waals surface area contributed by atoms with Crippen LogP contribution in [0.5, 0.6) is 0 Å². The molecule has 0 aromatic heterocycles. The van der Waals surface area contributed by atoms with Crippen molar-refractivity contribution >= 4 is 18.9 Å². The molecule has 0 saturated carbocycles. The molecule has 12 heteroatoms. The second kappa shape index (κ2) is 4.77. The van der Waals surface area contributed by atoms with E-state index in [0.717, 1.165) is 4.81 Å². The standard InChI is InChI=1S/C10H12BF6N3O2/c1-8-3-18(2)11(19(4-8)6(21)9(12,13)14)20(5-8)7(22)10(15,16)17/h3-5H2,1-2H3. The van der Waals surface area contributed by atoms with E-state index in [1.165, 1.54) is 14.0 Å². The Labute approximate surface area is 121 Å². The van der Waals surface area contributed by atoms with Crippen LogP contribution >= 0.6 is 0 Å². The number of fused-ring (bicyclic) bond motifs is 3. The number of halogens is 6. The molecule has 3 aliphatic rings. The predicted octanol–water partition coefficient (Wildman–Crippen LogP) is 0.718. The van der Waals surface area contributed by atoms with Gasteiger partial charge in [-0.3, -0.25) is 9.59 Å². The Morgan fingerprint density at radius 2 is 1.27 bits per heavy atom. The van der Waals surface area contributed by atoms with E-state index in [-0.39, 0.29) is 29.3 Å². The number of rotatable bonds is 0. The first kappa shape index (κ1) is 16.9. The first-order valence-corrected chi connectivity index (χ1v) is 6.22. The van der Waals surface area contributed by atoms with Crippen LogP contribution in [0.1, 0.15) is 6.92 Å². The molecular formula is C10H12BF6N3O2. The molecular weight excluding hydrogens is 319 g/mol. The number of amides is 2. The molecule has 2 amide bonds. The first-order chi connectivity index (χ1) is 9.76. The monoisotopic (exact) mass is 331 g/mol. The molecule has 0 spiro atoms. The summed E-state index contributed by atoms with van der Waals surface area (Å²) in [5.41, 5.74) is -1.06. The fraction of sp³-hybridized carbons (Fsp3) is 0.800. The molecule has 3 aliphatic heterocycles. The molecule has 0 radical (unpaired) electrons. The van der Waals surface area contributed by atoms with Gasteiger partial charge < -0.3 is 14.4 Å². The van der Waals surface area contributed by atoms with Crippen molar-refractivity contribution in [3.05, 3.63) is 0 Å². The van der Waals surface area contributed by atoms with Crippen molar-refractivity contribution in [1.82, 2.24) is 14.4 Å². The molecule has 3 rings (SSSR count). The highest BCUT2D eigenvalue weighted by atomic mass is 19.4. The third-order valence-electron chi connectivity index (χ3n) is 3.69. The van der Waals surface area contributed by atoms with Gasteiger partial charge in [0.2, 0.25) is 0 Å². The maximum atomic E-state index is 12.6. The average molecular weight is 331 g/mol. The number of alkyl halides is 6. The molecule has 124 valence electrons. The molecule has 5 nitrogen and oxygen atoms in total. The van der Waals surface area contributed by atoms with Crippen LogP contribution in [0.25, 0.3) is 0 Å². The Kier molecular flexibility index (Phi) is 3.66. The average Bonchev–Trinajstić information content (AvgIpc) is 2.32. The zero-order valence-corrected chi connectivity index (χ0v) is 11.6. The van der Waals surface area contributed by atoms with Gasteiger partial charge in [-0.15, -0.1) is 0 Å². The summed E-state index contributed by atoms with van der Waals surface area (Å²) in [5, 5.41) is 0. The van der Waals surface area contributed by atoms with E-state index in [0.29, 0.717) is 0 Å². The summed E-state index contributed by atoms with van der Waals surface area (Å²) in [6, 6.07) is 0. The highest BCUT2D eigenvalue weighted by Gasteiger charge is 2.62. The molecule has 3 saturated heterocycles. The third-order valence-corrected chi connectivity index (χ3v) is 3.69. The van der Waals surface area contributed by atoms with Gasteiger partial charge in [-0.2, -0.15) is 26.3 Å². The van der Waals surface area contributed by atoms with E-state index in [2.05, 4.69) is 0 Å². The molecule has 3 fully saturated rings. The van der Waals surface area contributed by atoms with Gasteiger partial charge in [0.1, 0.15) is 0 Å². The second-order valence-corrected chi connectivity index (χ2v) is 5.93. The quantitative estimate of drug-likeness (QED) is 0.485. The highest BCUT2D eigenvalue weighted by molar-refractivity contribution is 6.56. The van der Waals surface area contributed by atoms with Crippen molar-refractivity contribution in [1.29, 1.82) is 0 Å². The van der Waals surface area contributed by atoms with E-state index >= 15 is 0 Å². The number of carbonyl (C=O) groups excluding carboxylic acids is 2. The second-order valence-electron chi connectivity index (χ2n) is 5.93. The lowest BCUT2D eigenvalue weighted by atomic mass is 9.66. The van der Waals surface area contributed by atoms with Crippen LogP contribution in [0.2, 0.25) is 0 Å². The van der Waals surface area contributed by atoms with Gasteiger partial charge in [0.05, 0.1) is 0 Å². The molecule has 0 aliphatic carbocycles. The third kappa shape index (κ3) is 2.75. The van der Waals surface area contributed by atoms with E-state index in [9.17, 15) is 35.9 Å². The summed E-state index contributed by atoms with van der Waals surface area (Å²) in [4.78, 5) is 24.6. The molecule has 0 unspecified atom stereocenters. The summed E-state index contributed by atoms with van der Waals surface area (Å²) >= 11 is 0. The summed E-state index contributed by atoms with van der Waals surface area (Å²) in [6.07, 6.45) is -10.4. The van der Waals surface area contributed by atoms with Crippen LogP contribution in [0, 0.1) is 5.41 Å². The van der Waals surface area contributed by atoms with Crippen molar-refractivity contribution in [2.24, 2.45) is 5.41 Å². The zero-order valence-electron chi connectivity index (χ0n) is 11.6. The van der Waals surface area contributed by atoms with E-state index in [4.69, 9.17) is 0 Å². The Balaban J connectivity index is 2.40. The van der Waals surface area contributed by atoms with Crippen LogP contribution in [0.15, 0.2) is 0 Å². The lowest BCUT2D eigenvalue weighted by Crippen LogP contribution is -2.80. The van der Waals surface area contributed by atoms with Gasteiger partial charge >= 0.3 is 31.3 Å². The van der Waals surface area contributed by atoms with Crippen molar-refractivity contribution < 1.29 is 35.9 Å². The van der Waals surface area contributed by atoms with Crippen LogP contribution in [0.4, 0.5) is 26.3 Å². The van der Waals surface area contributed by atoms with Gasteiger partial charge in [0.25, 0.3) is 0 Å². The SMILES string of the molecule is CN1CC2(C)CN(C(=O)C(F)(F)F)B1N(C(=O)C(F)(F)F)C2. The van der Waals surface area contributed by atoms with Crippen LogP contribution < -0.4 is 0 Å². The predicted molar refractivity (Wildman–Crippen MR) is 62.0 cm³/mol. The van der Waals surface area contributed by atoms with Gasteiger partial charge in [-0.05, 0) is 13.6 Å². The highest BCUT2D eigenvalue weighted by Crippen LogP contribution is 2.38. The Morgan fingerprint density at radius 3 is 1.55 bits per heavy atom. The lowest BCUT2D eigenvalue weighted by molar-refractivity contribution is -0.191. The smallest absolute Gasteiger partial charge is 0.344 e. The number of hydrogen-bond acceptors (Lipinski definition) is 3. The molecule has 0 aromatic carbocycles. The fourth-order valence-electron chi connectivity index (χ4n) is 3.14. The maximum Gasteiger partial charge on any atom is 0.475 e. The van der Waals surface area contributed by atoms with E-state index in [1.54, 1.807) is 0 Å². The maximum absolute atomic E-state index is 12.6. The van der Waals surface area contributed by atoms with Crippen molar-refractivity contribution in [2.75, 3.05) is 26.7 Å². The molecule has 0 N–H and O–H groups in total. The topological polar surface area (TPSA) is 43.9 Å². The zero-order chi connectivity index (χ0) is 17.1. The van der Waals surface area contributed by atoms with E-state index in [1.807, 2.05) is 0 Å². The van der Waals surface area contributed by atoms with Crippen LogP contribution in [-0.4, -0.2) is 72.4 Å². The Morgan fingerprint density at radius 1 is 0.909 bits per heavy atom. The minimum atomic E-state index is -5.22. The minimum absolute atomic E-state index is 0.181. The Bertz CT molecular complexity index is 472. The lowest BCUT2D eigenvalue weighted by Gasteiger charge is -2.58. The number of nitrogens with zero attached hydrogens (tertiary/aromatic N) is 3. The summed E-state index contributed by atoms with van der Waals surface area (Å²) in [6.45, 7) is 0.900. The number of hydrogen-bond donors (Lipinski definition) is 0. The van der Waals surface area contributed by atoms with Crippen molar-refractivity contribution in [3.63, 3.8) is 0 Å². The van der Waals surface area contributed by atoms with Gasteiger partial charge in [-0.1, -0.05) is 6.92 Å². The largest absolute Gasteiger partial charge is 0.475 e. The summed E-state index contributed by atoms with van der Waals surface area (Å²) < 4.78 is 75.8. The van der Waals surface area contributed by atoms with Gasteiger partial charge in [0, 0.05) is 18.5 Å². The molecule has 0 atom stereocenters. The van der Waals surface area contributed by atoms with Crippen molar-refractivity contribution in [2.45, 2.75) is 19.3 Å². The molecule has 2 bridgehead atoms. The fourth-order valence-corrected chi connectivity index (χ4v) is 3.14. The van der Waals surface area contributed by atoms with Crippen LogP contribution in [0.3, 0.4) is 0 Å². The summed E-state index contributed by atoms with van der Waals surface area (Å²) in [5.74, 6) is -4.51. The summed E-state index contributed by atoms with van der Waals surface area (Å²) in [7, 11) is -0.417. The first-order valence-electron chi connectivity index (χ1n) is 6.22. The molecule has 3 heterocycles. The normalized spacial score (nSPS) is 22.3. The van der Waals surface area contributed by atoms with Crippen molar-refractivity contribution in [3.8, 4) is 0 Å². The van der Waals surface area contributed by atoms with Gasteiger partial charge in [-0.25, -0.2) is 0 Å². The molecule has 22 heavy (non-hydrogen) atoms. The minimum Gasteiger partial charge on any atom is -0.344 e. The van der Waals surface area contributed by atoms with Crippen LogP contribution in [-0.2, 0) is 9.59 Å².